The van der Waals surface area contributed by atoms with Crippen molar-refractivity contribution >= 4 is 21.8 Å². The number of carbonyl (C=O) groups is 1. The monoisotopic (exact) mass is 348 g/mol. The Labute approximate surface area is 132 Å². The van der Waals surface area contributed by atoms with Crippen LogP contribution in [0.4, 0.5) is 0 Å². The molecule has 5 heteroatoms. The topological polar surface area (TPSA) is 62.2 Å². The van der Waals surface area contributed by atoms with Gasteiger partial charge in [-0.3, -0.25) is 4.79 Å². The molecular formula is C16H17BrN2O2. The molecule has 110 valence electrons. The molecule has 0 saturated heterocycles. The number of nitrogens with zero attached hydrogens (tertiary/aromatic N) is 1. The van der Waals surface area contributed by atoms with Crippen LogP contribution in [-0.4, -0.2) is 29.1 Å². The van der Waals surface area contributed by atoms with Crippen LogP contribution in [0.3, 0.4) is 0 Å². The Morgan fingerprint density at radius 1 is 1.19 bits per heavy atom. The first-order valence-electron chi connectivity index (χ1n) is 6.77. The maximum atomic E-state index is 12.1. The first-order chi connectivity index (χ1) is 10.2. The third-order valence-corrected chi connectivity index (χ3v) is 3.65. The van der Waals surface area contributed by atoms with E-state index in [0.29, 0.717) is 23.3 Å². The van der Waals surface area contributed by atoms with Crippen molar-refractivity contribution in [3.63, 3.8) is 0 Å². The number of hydrogen-bond acceptors (Lipinski definition) is 3. The number of aliphatic hydroxyl groups is 1. The zero-order valence-electron chi connectivity index (χ0n) is 11.5. The molecule has 0 fully saturated rings. The Balaban J connectivity index is 2.00. The summed E-state index contributed by atoms with van der Waals surface area (Å²) in [6.45, 7) is 0.558. The van der Waals surface area contributed by atoms with Crippen LogP contribution in [-0.2, 0) is 0 Å². The van der Waals surface area contributed by atoms with Crippen LogP contribution in [0.15, 0.2) is 53.1 Å². The van der Waals surface area contributed by atoms with Gasteiger partial charge in [0.15, 0.2) is 0 Å². The standard InChI is InChI=1S/C16H17BrN2O2/c17-15-8-4-7-14(19-15)16(21)18-11-13(9-10-20)12-5-2-1-3-6-12/h1-8,13,20H,9-11H2,(H,18,21). The summed E-state index contributed by atoms with van der Waals surface area (Å²) in [4.78, 5) is 16.2. The lowest BCUT2D eigenvalue weighted by molar-refractivity contribution is 0.0944. The first kappa shape index (κ1) is 15.7. The lowest BCUT2D eigenvalue weighted by Gasteiger charge is -2.17. The highest BCUT2D eigenvalue weighted by Crippen LogP contribution is 2.18. The van der Waals surface area contributed by atoms with E-state index in [9.17, 15) is 9.90 Å². The molecular weight excluding hydrogens is 332 g/mol. The number of pyridine rings is 1. The molecule has 0 bridgehead atoms. The largest absolute Gasteiger partial charge is 0.396 e. The Morgan fingerprint density at radius 3 is 2.62 bits per heavy atom. The Bertz CT molecular complexity index is 590. The number of aromatic nitrogens is 1. The van der Waals surface area contributed by atoms with Gasteiger partial charge in [0.05, 0.1) is 0 Å². The molecule has 4 nitrogen and oxygen atoms in total. The van der Waals surface area contributed by atoms with Gasteiger partial charge in [-0.1, -0.05) is 36.4 Å². The highest BCUT2D eigenvalue weighted by atomic mass is 79.9. The molecule has 2 N–H and O–H groups in total. The van der Waals surface area contributed by atoms with Gasteiger partial charge in [-0.2, -0.15) is 0 Å². The van der Waals surface area contributed by atoms with Gasteiger partial charge < -0.3 is 10.4 Å². The van der Waals surface area contributed by atoms with E-state index in [0.717, 1.165) is 5.56 Å². The Morgan fingerprint density at radius 2 is 1.95 bits per heavy atom. The van der Waals surface area contributed by atoms with Crippen LogP contribution in [0.2, 0.25) is 0 Å². The minimum Gasteiger partial charge on any atom is -0.396 e. The predicted molar refractivity (Wildman–Crippen MR) is 85.2 cm³/mol. The van der Waals surface area contributed by atoms with Crippen molar-refractivity contribution in [1.82, 2.24) is 10.3 Å². The summed E-state index contributed by atoms with van der Waals surface area (Å²) in [5.74, 6) is -0.123. The van der Waals surface area contributed by atoms with Crippen LogP contribution in [0, 0.1) is 0 Å². The molecule has 0 aliphatic heterocycles. The van der Waals surface area contributed by atoms with Crippen molar-refractivity contribution in [3.05, 3.63) is 64.4 Å². The second-order valence-corrected chi connectivity index (χ2v) is 5.49. The lowest BCUT2D eigenvalue weighted by Crippen LogP contribution is -2.29. The van der Waals surface area contributed by atoms with E-state index in [1.165, 1.54) is 0 Å². The van der Waals surface area contributed by atoms with E-state index < -0.39 is 0 Å². The van der Waals surface area contributed by atoms with Gasteiger partial charge in [0, 0.05) is 19.1 Å². The molecule has 1 amide bonds. The zero-order chi connectivity index (χ0) is 15.1. The van der Waals surface area contributed by atoms with Crippen molar-refractivity contribution in [2.75, 3.05) is 13.2 Å². The van der Waals surface area contributed by atoms with E-state index in [2.05, 4.69) is 26.2 Å². The van der Waals surface area contributed by atoms with E-state index in [1.807, 2.05) is 30.3 Å². The molecule has 2 aromatic rings. The van der Waals surface area contributed by atoms with Crippen molar-refractivity contribution in [3.8, 4) is 0 Å². The van der Waals surface area contributed by atoms with Gasteiger partial charge in [-0.15, -0.1) is 0 Å². The summed E-state index contributed by atoms with van der Waals surface area (Å²) in [5, 5.41) is 12.1. The average Bonchev–Trinajstić information content (AvgIpc) is 2.52. The molecule has 1 heterocycles. The summed E-state index contributed by atoms with van der Waals surface area (Å²) in [6.07, 6.45) is 0.607. The molecule has 1 aromatic carbocycles. The summed E-state index contributed by atoms with van der Waals surface area (Å²) < 4.78 is 0.630. The average molecular weight is 349 g/mol. The SMILES string of the molecule is O=C(NCC(CCO)c1ccccc1)c1cccc(Br)n1. The zero-order valence-corrected chi connectivity index (χ0v) is 13.1. The second kappa shape index (κ2) is 7.90. The number of hydrogen-bond donors (Lipinski definition) is 2. The highest BCUT2D eigenvalue weighted by molar-refractivity contribution is 9.10. The Hall–Kier alpha value is -1.72. The molecule has 1 aromatic heterocycles. The van der Waals surface area contributed by atoms with Crippen molar-refractivity contribution in [2.24, 2.45) is 0 Å². The Kier molecular flexibility index (Phi) is 5.90. The first-order valence-corrected chi connectivity index (χ1v) is 7.56. The van der Waals surface area contributed by atoms with E-state index >= 15 is 0 Å². The number of benzene rings is 1. The van der Waals surface area contributed by atoms with E-state index in [4.69, 9.17) is 0 Å². The number of rotatable bonds is 6. The molecule has 0 aliphatic rings. The minimum atomic E-state index is -0.213. The lowest BCUT2D eigenvalue weighted by atomic mass is 9.96. The summed E-state index contributed by atoms with van der Waals surface area (Å²) in [6, 6.07) is 15.1. The van der Waals surface area contributed by atoms with Crippen molar-refractivity contribution in [2.45, 2.75) is 12.3 Å². The van der Waals surface area contributed by atoms with Gasteiger partial charge in [0.25, 0.3) is 5.91 Å². The number of nitrogens with one attached hydrogen (secondary N) is 1. The van der Waals surface area contributed by atoms with E-state index in [-0.39, 0.29) is 18.4 Å². The molecule has 2 rings (SSSR count). The summed E-state index contributed by atoms with van der Waals surface area (Å²) in [5.41, 5.74) is 1.48. The fourth-order valence-corrected chi connectivity index (χ4v) is 2.45. The molecule has 0 spiro atoms. The van der Waals surface area contributed by atoms with Crippen LogP contribution < -0.4 is 5.32 Å². The van der Waals surface area contributed by atoms with Crippen LogP contribution >= 0.6 is 15.9 Å². The fraction of sp³-hybridized carbons (Fsp3) is 0.250. The molecule has 1 atom stereocenters. The number of carbonyl (C=O) groups excluding carboxylic acids is 1. The second-order valence-electron chi connectivity index (χ2n) is 4.68. The van der Waals surface area contributed by atoms with Gasteiger partial charge in [0.1, 0.15) is 10.3 Å². The number of halogens is 1. The van der Waals surface area contributed by atoms with Crippen molar-refractivity contribution in [1.29, 1.82) is 0 Å². The molecule has 21 heavy (non-hydrogen) atoms. The highest BCUT2D eigenvalue weighted by Gasteiger charge is 2.14. The molecule has 0 radical (unpaired) electrons. The van der Waals surface area contributed by atoms with Crippen LogP contribution in [0.1, 0.15) is 28.4 Å². The smallest absolute Gasteiger partial charge is 0.269 e. The summed E-state index contributed by atoms with van der Waals surface area (Å²) >= 11 is 3.25. The van der Waals surface area contributed by atoms with E-state index in [1.54, 1.807) is 18.2 Å². The number of aliphatic hydroxyl groups excluding tert-OH is 1. The van der Waals surface area contributed by atoms with Crippen molar-refractivity contribution < 1.29 is 9.90 Å². The quantitative estimate of drug-likeness (QED) is 0.789. The predicted octanol–water partition coefficient (Wildman–Crippen LogP) is 2.74. The maximum Gasteiger partial charge on any atom is 0.269 e. The third kappa shape index (κ3) is 4.65. The van der Waals surface area contributed by atoms with Crippen LogP contribution in [0.25, 0.3) is 0 Å². The number of amides is 1. The van der Waals surface area contributed by atoms with Gasteiger partial charge in [-0.25, -0.2) is 4.98 Å². The van der Waals surface area contributed by atoms with Gasteiger partial charge in [-0.05, 0) is 40.0 Å². The normalized spacial score (nSPS) is 11.9. The third-order valence-electron chi connectivity index (χ3n) is 3.21. The molecule has 0 saturated carbocycles. The maximum absolute atomic E-state index is 12.1. The minimum absolute atomic E-state index is 0.0879. The molecule has 0 aliphatic carbocycles. The van der Waals surface area contributed by atoms with Crippen LogP contribution in [0.5, 0.6) is 0 Å². The molecule has 1 unspecified atom stereocenters. The summed E-state index contributed by atoms with van der Waals surface area (Å²) in [7, 11) is 0. The fourth-order valence-electron chi connectivity index (χ4n) is 2.11. The van der Waals surface area contributed by atoms with Gasteiger partial charge >= 0.3 is 0 Å². The van der Waals surface area contributed by atoms with Gasteiger partial charge in [0.2, 0.25) is 0 Å².